The van der Waals surface area contributed by atoms with Gasteiger partial charge in [0.1, 0.15) is 17.6 Å². The molecule has 0 aromatic carbocycles. The number of hydrogen-bond acceptors (Lipinski definition) is 2. The minimum atomic E-state index is -4.23. The Labute approximate surface area is 97.4 Å². The molecule has 1 aromatic rings. The smallest absolute Gasteiger partial charge is 0.389 e. The summed E-state index contributed by atoms with van der Waals surface area (Å²) in [5.74, 6) is 1.96. The molecule has 3 unspecified atom stereocenters. The first-order valence-corrected chi connectivity index (χ1v) is 5.71. The van der Waals surface area contributed by atoms with Gasteiger partial charge in [0.25, 0.3) is 0 Å². The molecular formula is C12H15F3O2. The van der Waals surface area contributed by atoms with Crippen LogP contribution in [0.2, 0.25) is 0 Å². The third-order valence-electron chi connectivity index (χ3n) is 3.15. The van der Waals surface area contributed by atoms with Crippen LogP contribution < -0.4 is 0 Å². The van der Waals surface area contributed by atoms with Gasteiger partial charge in [-0.1, -0.05) is 6.92 Å². The fourth-order valence-electron chi connectivity index (χ4n) is 1.91. The second-order valence-electron chi connectivity index (χ2n) is 4.73. The molecule has 0 bridgehead atoms. The number of hydrogen-bond donors (Lipinski definition) is 1. The van der Waals surface area contributed by atoms with Crippen molar-refractivity contribution < 1.29 is 22.7 Å². The van der Waals surface area contributed by atoms with Gasteiger partial charge in [-0.3, -0.25) is 0 Å². The molecular weight excluding hydrogens is 233 g/mol. The summed E-state index contributed by atoms with van der Waals surface area (Å²) < 4.78 is 41.3. The van der Waals surface area contributed by atoms with Gasteiger partial charge < -0.3 is 9.52 Å². The summed E-state index contributed by atoms with van der Waals surface area (Å²) in [6.07, 6.45) is -5.70. The third-order valence-corrected chi connectivity index (χ3v) is 3.15. The molecule has 1 heterocycles. The van der Waals surface area contributed by atoms with Crippen molar-refractivity contribution in [1.82, 2.24) is 0 Å². The van der Waals surface area contributed by atoms with Crippen LogP contribution in [0.15, 0.2) is 16.5 Å². The van der Waals surface area contributed by atoms with Crippen LogP contribution in [0.3, 0.4) is 0 Å². The molecule has 1 N–H and O–H groups in total. The van der Waals surface area contributed by atoms with Gasteiger partial charge in [-0.15, -0.1) is 0 Å². The Hall–Kier alpha value is -0.970. The molecule has 1 aliphatic rings. The van der Waals surface area contributed by atoms with Crippen molar-refractivity contribution in [3.8, 4) is 0 Å². The quantitative estimate of drug-likeness (QED) is 0.879. The van der Waals surface area contributed by atoms with E-state index >= 15 is 0 Å². The summed E-state index contributed by atoms with van der Waals surface area (Å²) in [5.41, 5.74) is 0. The van der Waals surface area contributed by atoms with Gasteiger partial charge >= 0.3 is 6.18 Å². The number of halogens is 3. The second-order valence-corrected chi connectivity index (χ2v) is 4.73. The molecule has 2 nitrogen and oxygen atoms in total. The molecule has 1 aromatic heterocycles. The highest BCUT2D eigenvalue weighted by Gasteiger charge is 2.37. The molecule has 17 heavy (non-hydrogen) atoms. The van der Waals surface area contributed by atoms with E-state index in [4.69, 9.17) is 4.42 Å². The Morgan fingerprint density at radius 3 is 2.65 bits per heavy atom. The molecule has 2 rings (SSSR count). The van der Waals surface area contributed by atoms with Crippen LogP contribution in [0.1, 0.15) is 49.7 Å². The van der Waals surface area contributed by atoms with Gasteiger partial charge in [-0.25, -0.2) is 0 Å². The largest absolute Gasteiger partial charge is 0.463 e. The highest BCUT2D eigenvalue weighted by Crippen LogP contribution is 2.47. The number of furan rings is 1. The molecule has 0 radical (unpaired) electrons. The first-order chi connectivity index (χ1) is 7.87. The fourth-order valence-corrected chi connectivity index (χ4v) is 1.91. The van der Waals surface area contributed by atoms with Crippen LogP contribution in [0.4, 0.5) is 13.2 Å². The van der Waals surface area contributed by atoms with Gasteiger partial charge in [-0.2, -0.15) is 13.2 Å². The van der Waals surface area contributed by atoms with E-state index < -0.39 is 18.7 Å². The van der Waals surface area contributed by atoms with Crippen LogP contribution in [-0.4, -0.2) is 11.3 Å². The van der Waals surface area contributed by atoms with Gasteiger partial charge in [0.05, 0.1) is 0 Å². The topological polar surface area (TPSA) is 33.4 Å². The molecule has 5 heteroatoms. The van der Waals surface area contributed by atoms with Crippen LogP contribution in [-0.2, 0) is 0 Å². The van der Waals surface area contributed by atoms with Crippen molar-refractivity contribution in [2.45, 2.75) is 44.4 Å². The normalized spacial score (nSPS) is 25.9. The second kappa shape index (κ2) is 4.37. The molecule has 0 amide bonds. The molecule has 0 aliphatic heterocycles. The number of alkyl halides is 3. The van der Waals surface area contributed by atoms with Crippen molar-refractivity contribution in [3.05, 3.63) is 23.7 Å². The van der Waals surface area contributed by atoms with Crippen LogP contribution in [0.25, 0.3) is 0 Å². The fraction of sp³-hybridized carbons (Fsp3) is 0.667. The Morgan fingerprint density at radius 1 is 1.47 bits per heavy atom. The Balaban J connectivity index is 1.91. The summed E-state index contributed by atoms with van der Waals surface area (Å²) in [6, 6.07) is 3.32. The average Bonchev–Trinajstić information content (AvgIpc) is 2.79. The maximum Gasteiger partial charge on any atom is 0.389 e. The predicted molar refractivity (Wildman–Crippen MR) is 55.5 cm³/mol. The number of aliphatic hydroxyl groups excluding tert-OH is 1. The Kier molecular flexibility index (Phi) is 3.21. The van der Waals surface area contributed by atoms with Crippen LogP contribution in [0.5, 0.6) is 0 Å². The van der Waals surface area contributed by atoms with E-state index in [2.05, 4.69) is 6.92 Å². The van der Waals surface area contributed by atoms with E-state index in [1.54, 1.807) is 12.1 Å². The Morgan fingerprint density at radius 2 is 2.12 bits per heavy atom. The van der Waals surface area contributed by atoms with Crippen LogP contribution in [0, 0.1) is 5.92 Å². The lowest BCUT2D eigenvalue weighted by Gasteiger charge is -2.09. The molecule has 0 spiro atoms. The average molecular weight is 248 g/mol. The summed E-state index contributed by atoms with van der Waals surface area (Å²) in [5, 5.41) is 9.57. The van der Waals surface area contributed by atoms with Crippen molar-refractivity contribution in [2.75, 3.05) is 0 Å². The monoisotopic (exact) mass is 248 g/mol. The van der Waals surface area contributed by atoms with Crippen molar-refractivity contribution in [2.24, 2.45) is 5.92 Å². The lowest BCUT2D eigenvalue weighted by molar-refractivity contribution is -0.140. The van der Waals surface area contributed by atoms with Gasteiger partial charge in [0.15, 0.2) is 0 Å². The molecule has 96 valence electrons. The highest BCUT2D eigenvalue weighted by atomic mass is 19.4. The summed E-state index contributed by atoms with van der Waals surface area (Å²) in [6.45, 7) is 2.09. The first kappa shape index (κ1) is 12.5. The van der Waals surface area contributed by atoms with E-state index in [-0.39, 0.29) is 12.2 Å². The molecule has 3 atom stereocenters. The first-order valence-electron chi connectivity index (χ1n) is 5.71. The maximum absolute atomic E-state index is 12.0. The maximum atomic E-state index is 12.0. The van der Waals surface area contributed by atoms with E-state index in [0.717, 1.165) is 12.2 Å². The van der Waals surface area contributed by atoms with Gasteiger partial charge in [0, 0.05) is 12.3 Å². The highest BCUT2D eigenvalue weighted by molar-refractivity contribution is 5.18. The van der Waals surface area contributed by atoms with E-state index in [1.165, 1.54) is 0 Å². The minimum Gasteiger partial charge on any atom is -0.463 e. The van der Waals surface area contributed by atoms with E-state index in [1.807, 2.05) is 0 Å². The number of aliphatic hydroxyl groups is 1. The zero-order valence-corrected chi connectivity index (χ0v) is 9.50. The summed E-state index contributed by atoms with van der Waals surface area (Å²) in [7, 11) is 0. The predicted octanol–water partition coefficient (Wildman–Crippen LogP) is 3.78. The van der Waals surface area contributed by atoms with Crippen LogP contribution >= 0.6 is 0 Å². The molecule has 1 saturated carbocycles. The van der Waals surface area contributed by atoms with E-state index in [0.29, 0.717) is 11.8 Å². The van der Waals surface area contributed by atoms with Crippen molar-refractivity contribution in [3.63, 3.8) is 0 Å². The Bertz CT molecular complexity index is 383. The van der Waals surface area contributed by atoms with Gasteiger partial charge in [0.2, 0.25) is 0 Å². The minimum absolute atomic E-state index is 0.239. The lowest BCUT2D eigenvalue weighted by Crippen LogP contribution is -2.09. The third kappa shape index (κ3) is 3.25. The zero-order chi connectivity index (χ0) is 12.6. The standard InChI is InChI=1S/C12H15F3O2/c1-7-6-8(7)10-2-3-11(17-10)9(16)4-5-12(13,14)15/h2-3,7-9,16H,4-6H2,1H3. The molecule has 0 saturated heterocycles. The van der Waals surface area contributed by atoms with Gasteiger partial charge in [-0.05, 0) is 30.9 Å². The zero-order valence-electron chi connectivity index (χ0n) is 9.50. The summed E-state index contributed by atoms with van der Waals surface area (Å²) in [4.78, 5) is 0. The van der Waals surface area contributed by atoms with Crippen molar-refractivity contribution in [1.29, 1.82) is 0 Å². The number of rotatable bonds is 4. The summed E-state index contributed by atoms with van der Waals surface area (Å²) >= 11 is 0. The molecule has 1 aliphatic carbocycles. The van der Waals surface area contributed by atoms with Crippen molar-refractivity contribution >= 4 is 0 Å². The van der Waals surface area contributed by atoms with E-state index in [9.17, 15) is 18.3 Å². The molecule has 1 fully saturated rings. The lowest BCUT2D eigenvalue weighted by atomic mass is 10.1. The SMILES string of the molecule is CC1CC1c1ccc(C(O)CCC(F)(F)F)o1.